The van der Waals surface area contributed by atoms with Crippen LogP contribution in [0.4, 0.5) is 27.6 Å². The SMILES string of the molecule is [C-]#[N+]c1cc(-n2c3ccc(-c4cccnc4-c4ccccc4)cc3c3cc(-c4cccnc4-c4ccccc4)ccc32)c(-c2c(F)c(F)c(F)c(F)c2F)cc1-n1c2ccc(-c3cccnc3-c3ccccc3)cc2c2cc(-c3cccnc3-c3ccccc3)ccc21. The Bertz CT molecular complexity index is 5400. The lowest BCUT2D eigenvalue weighted by Crippen LogP contribution is -2.07. The van der Waals surface area contributed by atoms with Gasteiger partial charge in [-0.05, 0) is 107 Å². The maximum atomic E-state index is 17.2. The number of benzene rings is 10. The second kappa shape index (κ2) is 22.8. The van der Waals surface area contributed by atoms with Gasteiger partial charge in [0, 0.05) is 102 Å². The highest BCUT2D eigenvalue weighted by Crippen LogP contribution is 2.48. The van der Waals surface area contributed by atoms with Gasteiger partial charge in [0.2, 0.25) is 11.5 Å². The topological polar surface area (TPSA) is 65.8 Å². The van der Waals surface area contributed by atoms with Crippen molar-refractivity contribution in [2.24, 2.45) is 0 Å². The molecular formula is C81H46F5N7. The van der Waals surface area contributed by atoms with Crippen LogP contribution in [-0.2, 0) is 0 Å². The number of halogens is 5. The first-order valence-corrected chi connectivity index (χ1v) is 30.0. The molecule has 0 unspecified atom stereocenters. The van der Waals surface area contributed by atoms with E-state index in [0.717, 1.165) is 100 Å². The Morgan fingerprint density at radius 2 is 0.559 bits per heavy atom. The largest absolute Gasteiger partial charge is 0.319 e. The van der Waals surface area contributed by atoms with Crippen molar-refractivity contribution in [3.05, 3.63) is 320 Å². The predicted molar refractivity (Wildman–Crippen MR) is 361 cm³/mol. The average Bonchev–Trinajstić information content (AvgIpc) is 1.61. The van der Waals surface area contributed by atoms with Crippen molar-refractivity contribution in [1.82, 2.24) is 29.1 Å². The summed E-state index contributed by atoms with van der Waals surface area (Å²) in [4.78, 5) is 23.6. The number of nitrogens with zero attached hydrogens (tertiary/aromatic N) is 7. The van der Waals surface area contributed by atoms with Crippen LogP contribution in [0.2, 0.25) is 0 Å². The molecule has 12 heteroatoms. The van der Waals surface area contributed by atoms with E-state index < -0.39 is 34.6 Å². The monoisotopic (exact) mass is 1210 g/mol. The molecule has 0 atom stereocenters. The van der Waals surface area contributed by atoms with E-state index in [1.54, 1.807) is 29.4 Å². The van der Waals surface area contributed by atoms with E-state index in [1.165, 1.54) is 12.1 Å². The molecule has 0 aliphatic heterocycles. The van der Waals surface area contributed by atoms with Crippen LogP contribution in [0.1, 0.15) is 0 Å². The number of fused-ring (bicyclic) bond motifs is 6. The smallest absolute Gasteiger partial charge is 0.212 e. The van der Waals surface area contributed by atoms with E-state index >= 15 is 22.0 Å². The van der Waals surface area contributed by atoms with Crippen molar-refractivity contribution >= 4 is 49.3 Å². The van der Waals surface area contributed by atoms with Crippen molar-refractivity contribution in [1.29, 1.82) is 0 Å². The molecular weight excluding hydrogens is 1170 g/mol. The van der Waals surface area contributed by atoms with Crippen molar-refractivity contribution < 1.29 is 22.0 Å². The molecule has 6 heterocycles. The number of pyridine rings is 4. The first-order valence-electron chi connectivity index (χ1n) is 30.0. The maximum absolute atomic E-state index is 17.2. The van der Waals surface area contributed by atoms with Gasteiger partial charge >= 0.3 is 0 Å². The third kappa shape index (κ3) is 9.40. The molecule has 6 aromatic heterocycles. The summed E-state index contributed by atoms with van der Waals surface area (Å²) in [6, 6.07) is 81.2. The quantitative estimate of drug-likeness (QED) is 0.0560. The Morgan fingerprint density at radius 1 is 0.269 bits per heavy atom. The zero-order chi connectivity index (χ0) is 62.8. The van der Waals surface area contributed by atoms with Crippen LogP contribution in [0, 0.1) is 35.7 Å². The van der Waals surface area contributed by atoms with Crippen molar-refractivity contribution in [2.75, 3.05) is 0 Å². The third-order valence-corrected chi connectivity index (χ3v) is 17.4. The minimum Gasteiger partial charge on any atom is -0.319 e. The minimum atomic E-state index is -2.30. The Labute approximate surface area is 529 Å². The van der Waals surface area contributed by atoms with Gasteiger partial charge in [0.25, 0.3) is 0 Å². The molecule has 0 bridgehead atoms. The lowest BCUT2D eigenvalue weighted by Gasteiger charge is -2.20. The van der Waals surface area contributed by atoms with E-state index in [2.05, 4.69) is 17.0 Å². The van der Waals surface area contributed by atoms with Gasteiger partial charge in [-0.2, -0.15) is 0 Å². The normalized spacial score (nSPS) is 11.5. The summed E-state index contributed by atoms with van der Waals surface area (Å²) in [5.41, 5.74) is 13.9. The molecule has 16 aromatic rings. The molecule has 440 valence electrons. The minimum absolute atomic E-state index is 0.00999. The molecule has 0 N–H and O–H groups in total. The Balaban J connectivity index is 0.986. The summed E-state index contributed by atoms with van der Waals surface area (Å²) >= 11 is 0. The number of aromatic nitrogens is 6. The van der Waals surface area contributed by atoms with Gasteiger partial charge in [0.15, 0.2) is 23.3 Å². The maximum Gasteiger partial charge on any atom is 0.212 e. The highest BCUT2D eigenvalue weighted by Gasteiger charge is 2.32. The average molecular weight is 1210 g/mol. The van der Waals surface area contributed by atoms with Gasteiger partial charge < -0.3 is 9.13 Å². The summed E-state index contributed by atoms with van der Waals surface area (Å²) < 4.78 is 85.7. The molecule has 0 amide bonds. The van der Waals surface area contributed by atoms with Crippen LogP contribution >= 0.6 is 0 Å². The molecule has 0 radical (unpaired) electrons. The van der Waals surface area contributed by atoms with E-state index in [-0.39, 0.29) is 22.6 Å². The van der Waals surface area contributed by atoms with Crippen LogP contribution in [0.3, 0.4) is 0 Å². The van der Waals surface area contributed by atoms with Crippen LogP contribution in [-0.4, -0.2) is 29.1 Å². The Morgan fingerprint density at radius 3 is 0.860 bits per heavy atom. The molecule has 0 saturated carbocycles. The van der Waals surface area contributed by atoms with Crippen LogP contribution < -0.4 is 0 Å². The van der Waals surface area contributed by atoms with E-state index in [1.807, 2.05) is 235 Å². The van der Waals surface area contributed by atoms with E-state index in [4.69, 9.17) is 26.5 Å². The van der Waals surface area contributed by atoms with Gasteiger partial charge in [-0.25, -0.2) is 26.8 Å². The lowest BCUT2D eigenvalue weighted by atomic mass is 9.96. The molecule has 93 heavy (non-hydrogen) atoms. The van der Waals surface area contributed by atoms with Gasteiger partial charge in [-0.3, -0.25) is 19.9 Å². The van der Waals surface area contributed by atoms with E-state index in [9.17, 15) is 0 Å². The summed E-state index contributed by atoms with van der Waals surface area (Å²) in [6.45, 7) is 9.10. The summed E-state index contributed by atoms with van der Waals surface area (Å²) in [7, 11) is 0. The first kappa shape index (κ1) is 55.8. The molecule has 0 aliphatic carbocycles. The zero-order valence-electron chi connectivity index (χ0n) is 49.1. The van der Waals surface area contributed by atoms with Gasteiger partial charge in [0.1, 0.15) is 0 Å². The molecule has 0 spiro atoms. The second-order valence-electron chi connectivity index (χ2n) is 22.6. The van der Waals surface area contributed by atoms with Crippen LogP contribution in [0.25, 0.3) is 160 Å². The molecule has 0 fully saturated rings. The zero-order valence-corrected chi connectivity index (χ0v) is 49.1. The lowest BCUT2D eigenvalue weighted by molar-refractivity contribution is 0.381. The summed E-state index contributed by atoms with van der Waals surface area (Å²) in [5, 5.41) is 2.82. The van der Waals surface area contributed by atoms with Crippen LogP contribution in [0.5, 0.6) is 0 Å². The molecule has 16 rings (SSSR count). The fourth-order valence-corrected chi connectivity index (χ4v) is 13.2. The fraction of sp³-hybridized carbons (Fsp3) is 0. The summed E-state index contributed by atoms with van der Waals surface area (Å²) in [6.07, 6.45) is 6.98. The molecule has 0 aliphatic rings. The van der Waals surface area contributed by atoms with Crippen molar-refractivity contribution in [2.45, 2.75) is 0 Å². The number of hydrogen-bond donors (Lipinski definition) is 0. The van der Waals surface area contributed by atoms with Gasteiger partial charge in [-0.1, -0.05) is 170 Å². The Hall–Kier alpha value is -12.5. The number of hydrogen-bond acceptors (Lipinski definition) is 4. The highest BCUT2D eigenvalue weighted by molar-refractivity contribution is 6.15. The predicted octanol–water partition coefficient (Wildman–Crippen LogP) is 21.7. The molecule has 7 nitrogen and oxygen atoms in total. The first-order chi connectivity index (χ1) is 45.7. The molecule has 0 saturated heterocycles. The Kier molecular flexibility index (Phi) is 13.7. The second-order valence-corrected chi connectivity index (χ2v) is 22.6. The standard InChI is InChI=1S/C81H46F5N7/c1-87-65-47-70(92-66-34-30-52(56-26-14-38-88-78(56)48-18-6-2-7-19-48)42-60(66)61-43-53(31-35-67(61)92)57-27-15-39-89-79(57)49-20-8-3-9-21-49)64(72-73(82)75(84)77(86)76(85)74(72)83)46-71(65)93-68-36-32-54(58-28-16-40-90-80(58)50-22-10-4-11-23-50)44-62(68)63-45-55(33-37-69(63)93)59-29-17-41-91-81(59)51-24-12-5-13-25-51/h2-47H. The highest BCUT2D eigenvalue weighted by atomic mass is 19.2. The van der Waals surface area contributed by atoms with Gasteiger partial charge in [-0.15, -0.1) is 0 Å². The van der Waals surface area contributed by atoms with Crippen LogP contribution in [0.15, 0.2) is 280 Å². The van der Waals surface area contributed by atoms with E-state index in [0.29, 0.717) is 32.8 Å². The van der Waals surface area contributed by atoms with Crippen molar-refractivity contribution in [3.63, 3.8) is 0 Å². The van der Waals surface area contributed by atoms with Gasteiger partial charge in [0.05, 0.1) is 62.7 Å². The number of rotatable bonds is 11. The summed E-state index contributed by atoms with van der Waals surface area (Å²) in [5.74, 6) is -10.6. The van der Waals surface area contributed by atoms with Crippen molar-refractivity contribution in [3.8, 4) is 112 Å². The third-order valence-electron chi connectivity index (χ3n) is 17.4. The molecule has 10 aromatic carbocycles. The fourth-order valence-electron chi connectivity index (χ4n) is 13.2.